The van der Waals surface area contributed by atoms with Gasteiger partial charge in [0.1, 0.15) is 12.3 Å². The first kappa shape index (κ1) is 20.2. The van der Waals surface area contributed by atoms with Crippen molar-refractivity contribution in [2.75, 3.05) is 0 Å². The normalized spacial score (nSPS) is 27.9. The molecule has 3 rings (SSSR count). The van der Waals surface area contributed by atoms with Crippen LogP contribution in [0.15, 0.2) is 24.3 Å². The molecule has 1 aliphatic carbocycles. The predicted octanol–water partition coefficient (Wildman–Crippen LogP) is 1.47. The number of carbonyl (C=O) groups is 3. The van der Waals surface area contributed by atoms with E-state index in [0.29, 0.717) is 0 Å². The van der Waals surface area contributed by atoms with Gasteiger partial charge in [0, 0.05) is 12.8 Å². The van der Waals surface area contributed by atoms with Crippen LogP contribution in [0.25, 0.3) is 0 Å². The Morgan fingerprint density at radius 3 is 2.07 bits per heavy atom. The largest absolute Gasteiger partial charge is 0.523 e. The molecule has 2 aliphatic rings. The number of halogens is 4. The van der Waals surface area contributed by atoms with E-state index in [1.807, 2.05) is 0 Å². The lowest BCUT2D eigenvalue weighted by Crippen LogP contribution is -2.56. The Balaban J connectivity index is 1.99. The van der Waals surface area contributed by atoms with Crippen LogP contribution in [-0.4, -0.2) is 59.5 Å². The van der Waals surface area contributed by atoms with Gasteiger partial charge in [0.15, 0.2) is 5.54 Å². The smallest absolute Gasteiger partial charge is 0.479 e. The Morgan fingerprint density at radius 2 is 1.64 bits per heavy atom. The molecule has 1 fully saturated rings. The molecule has 0 unspecified atom stereocenters. The quantitative estimate of drug-likeness (QED) is 0.336. The van der Waals surface area contributed by atoms with Crippen LogP contribution in [0, 0.1) is 0 Å². The Labute approximate surface area is 154 Å². The zero-order valence-corrected chi connectivity index (χ0v) is 14.5. The lowest BCUT2D eigenvalue weighted by molar-refractivity contribution is -0.148. The maximum absolute atomic E-state index is 14.3. The molecule has 0 radical (unpaired) electrons. The second kappa shape index (κ2) is 6.24. The molecule has 1 aromatic rings. The molecular formula is C15H11F4NO7S. The van der Waals surface area contributed by atoms with Crippen molar-refractivity contribution in [3.8, 4) is 0 Å². The van der Waals surface area contributed by atoms with E-state index in [1.165, 1.54) is 24.3 Å². The molecule has 1 saturated carbocycles. The van der Waals surface area contributed by atoms with Crippen LogP contribution in [0.2, 0.25) is 0 Å². The van der Waals surface area contributed by atoms with Gasteiger partial charge in [-0.15, -0.1) is 0 Å². The first-order chi connectivity index (χ1) is 12.8. The number of imide groups is 1. The highest BCUT2D eigenvalue weighted by atomic mass is 32.2. The van der Waals surface area contributed by atoms with E-state index in [0.717, 1.165) is 0 Å². The Bertz CT molecular complexity index is 942. The number of carboxylic acid groups (broad SMARTS) is 1. The monoisotopic (exact) mass is 425 g/mol. The molecule has 0 bridgehead atoms. The SMILES string of the molecule is O=C1c2ccccc2C(=O)N1[C@@]1(C(=O)O)C[C@@H](F)[C@H](OS(=O)(=O)C(F)(F)F)C1. The van der Waals surface area contributed by atoms with Crippen LogP contribution in [0.4, 0.5) is 17.6 Å². The topological polar surface area (TPSA) is 118 Å². The lowest BCUT2D eigenvalue weighted by atomic mass is 9.95. The van der Waals surface area contributed by atoms with Gasteiger partial charge in [0.2, 0.25) is 0 Å². The van der Waals surface area contributed by atoms with Crippen LogP contribution in [-0.2, 0) is 19.1 Å². The van der Waals surface area contributed by atoms with Gasteiger partial charge in [-0.2, -0.15) is 21.6 Å². The number of hydrogen-bond donors (Lipinski definition) is 1. The van der Waals surface area contributed by atoms with Crippen molar-refractivity contribution in [2.24, 2.45) is 0 Å². The zero-order valence-electron chi connectivity index (χ0n) is 13.6. The van der Waals surface area contributed by atoms with Crippen molar-refractivity contribution in [1.82, 2.24) is 4.90 Å². The van der Waals surface area contributed by atoms with Crippen molar-refractivity contribution in [2.45, 2.75) is 36.2 Å². The summed E-state index contributed by atoms with van der Waals surface area (Å²) in [5.74, 6) is -4.02. The van der Waals surface area contributed by atoms with E-state index >= 15 is 0 Å². The molecule has 13 heteroatoms. The number of rotatable bonds is 4. The summed E-state index contributed by atoms with van der Waals surface area (Å²) in [6, 6.07) is 5.26. The fourth-order valence-corrected chi connectivity index (χ4v) is 3.96. The van der Waals surface area contributed by atoms with Gasteiger partial charge in [-0.1, -0.05) is 12.1 Å². The molecule has 1 aliphatic heterocycles. The number of benzene rings is 1. The van der Waals surface area contributed by atoms with Crippen LogP contribution in [0.3, 0.4) is 0 Å². The molecule has 0 saturated heterocycles. The molecule has 152 valence electrons. The summed E-state index contributed by atoms with van der Waals surface area (Å²) in [7, 11) is -6.22. The van der Waals surface area contributed by atoms with Crippen molar-refractivity contribution in [1.29, 1.82) is 0 Å². The van der Waals surface area contributed by atoms with E-state index in [4.69, 9.17) is 0 Å². The fourth-order valence-electron chi connectivity index (χ4n) is 3.34. The summed E-state index contributed by atoms with van der Waals surface area (Å²) in [6.45, 7) is 0. The number of carboxylic acids is 1. The summed E-state index contributed by atoms with van der Waals surface area (Å²) >= 11 is 0. The lowest BCUT2D eigenvalue weighted by Gasteiger charge is -2.32. The standard InChI is InChI=1S/C15H11F4NO7S/c16-9-5-14(13(23)24,6-10(9)27-28(25,26)15(17,18)19)20-11(21)7-3-1-2-4-8(7)12(20)22/h1-4,9-10H,5-6H2,(H,23,24)/t9-,10-,14+/m1/s1. The first-order valence-electron chi connectivity index (χ1n) is 7.67. The van der Waals surface area contributed by atoms with Crippen LogP contribution < -0.4 is 0 Å². The summed E-state index contributed by atoms with van der Waals surface area (Å²) in [4.78, 5) is 37.2. The minimum atomic E-state index is -6.22. The minimum Gasteiger partial charge on any atom is -0.479 e. The van der Waals surface area contributed by atoms with E-state index in [1.54, 1.807) is 0 Å². The highest BCUT2D eigenvalue weighted by Crippen LogP contribution is 2.44. The molecule has 0 aromatic heterocycles. The first-order valence-corrected chi connectivity index (χ1v) is 9.07. The van der Waals surface area contributed by atoms with Crippen molar-refractivity contribution >= 4 is 27.9 Å². The Hall–Kier alpha value is -2.54. The Kier molecular flexibility index (Phi) is 4.50. The van der Waals surface area contributed by atoms with Crippen LogP contribution in [0.5, 0.6) is 0 Å². The van der Waals surface area contributed by atoms with Gasteiger partial charge in [-0.25, -0.2) is 9.18 Å². The van der Waals surface area contributed by atoms with E-state index in [-0.39, 0.29) is 16.0 Å². The van der Waals surface area contributed by atoms with Gasteiger partial charge in [0.05, 0.1) is 11.1 Å². The molecule has 2 amide bonds. The number of fused-ring (bicyclic) bond motifs is 1. The third kappa shape index (κ3) is 2.85. The molecule has 0 spiro atoms. The number of carbonyl (C=O) groups excluding carboxylic acids is 2. The number of hydrogen-bond acceptors (Lipinski definition) is 6. The number of nitrogens with zero attached hydrogens (tertiary/aromatic N) is 1. The van der Waals surface area contributed by atoms with Crippen molar-refractivity contribution in [3.63, 3.8) is 0 Å². The molecular weight excluding hydrogens is 414 g/mol. The summed E-state index contributed by atoms with van der Waals surface area (Å²) in [6.07, 6.45) is -7.11. The second-order valence-corrected chi connectivity index (χ2v) is 7.85. The number of aliphatic carboxylic acids is 1. The van der Waals surface area contributed by atoms with E-state index in [2.05, 4.69) is 4.18 Å². The Morgan fingerprint density at radius 1 is 1.14 bits per heavy atom. The number of amides is 2. The maximum atomic E-state index is 14.3. The maximum Gasteiger partial charge on any atom is 0.523 e. The van der Waals surface area contributed by atoms with Crippen LogP contribution in [0.1, 0.15) is 33.6 Å². The van der Waals surface area contributed by atoms with E-state index in [9.17, 15) is 45.5 Å². The average molecular weight is 425 g/mol. The van der Waals surface area contributed by atoms with Gasteiger partial charge in [-0.3, -0.25) is 18.7 Å². The predicted molar refractivity (Wildman–Crippen MR) is 81.3 cm³/mol. The fraction of sp³-hybridized carbons (Fsp3) is 0.400. The number of alkyl halides is 4. The van der Waals surface area contributed by atoms with Crippen molar-refractivity contribution in [3.05, 3.63) is 35.4 Å². The summed E-state index contributed by atoms with van der Waals surface area (Å²) in [5, 5.41) is 9.59. The summed E-state index contributed by atoms with van der Waals surface area (Å²) < 4.78 is 78.0. The third-order valence-corrected chi connectivity index (χ3v) is 5.70. The van der Waals surface area contributed by atoms with Crippen molar-refractivity contribution < 1.29 is 49.7 Å². The average Bonchev–Trinajstić information content (AvgIpc) is 3.03. The summed E-state index contributed by atoms with van der Waals surface area (Å²) in [5.41, 5.74) is -8.76. The molecule has 3 atom stereocenters. The van der Waals surface area contributed by atoms with Gasteiger partial charge in [0.25, 0.3) is 11.8 Å². The van der Waals surface area contributed by atoms with Gasteiger partial charge >= 0.3 is 21.6 Å². The second-order valence-electron chi connectivity index (χ2n) is 6.29. The molecule has 1 aromatic carbocycles. The van der Waals surface area contributed by atoms with E-state index < -0.39 is 64.1 Å². The molecule has 28 heavy (non-hydrogen) atoms. The van der Waals surface area contributed by atoms with Crippen LogP contribution >= 0.6 is 0 Å². The van der Waals surface area contributed by atoms with Gasteiger partial charge < -0.3 is 5.11 Å². The minimum absolute atomic E-state index is 0.157. The highest BCUT2D eigenvalue weighted by molar-refractivity contribution is 7.87. The molecule has 1 heterocycles. The highest BCUT2D eigenvalue weighted by Gasteiger charge is 2.62. The zero-order chi connectivity index (χ0) is 21.1. The third-order valence-electron chi connectivity index (χ3n) is 4.63. The molecule has 8 nitrogen and oxygen atoms in total. The molecule has 1 N–H and O–H groups in total. The van der Waals surface area contributed by atoms with Gasteiger partial charge in [-0.05, 0) is 12.1 Å².